The van der Waals surface area contributed by atoms with Gasteiger partial charge < -0.3 is 19.5 Å². The predicted molar refractivity (Wildman–Crippen MR) is 76.7 cm³/mol. The van der Waals surface area contributed by atoms with Crippen LogP contribution in [0.2, 0.25) is 0 Å². The van der Waals surface area contributed by atoms with Crippen molar-refractivity contribution in [2.45, 2.75) is 18.9 Å². The number of aromatic amines is 1. The van der Waals surface area contributed by atoms with Crippen LogP contribution in [-0.4, -0.2) is 66.6 Å². The van der Waals surface area contributed by atoms with Gasteiger partial charge in [0.05, 0.1) is 12.7 Å². The van der Waals surface area contributed by atoms with E-state index in [1.54, 1.807) is 6.20 Å². The highest BCUT2D eigenvalue weighted by atomic mass is 16.5. The van der Waals surface area contributed by atoms with Gasteiger partial charge in [0, 0.05) is 32.4 Å². The summed E-state index contributed by atoms with van der Waals surface area (Å²) in [5, 5.41) is 0. The van der Waals surface area contributed by atoms with E-state index in [-0.39, 0.29) is 12.0 Å². The van der Waals surface area contributed by atoms with Crippen molar-refractivity contribution in [3.8, 4) is 0 Å². The van der Waals surface area contributed by atoms with Crippen LogP contribution in [0.4, 0.5) is 0 Å². The van der Waals surface area contributed by atoms with E-state index in [4.69, 9.17) is 4.74 Å². The van der Waals surface area contributed by atoms with Crippen LogP contribution in [0.3, 0.4) is 0 Å². The molecule has 1 saturated carbocycles. The summed E-state index contributed by atoms with van der Waals surface area (Å²) in [5.74, 6) is 0.966. The van der Waals surface area contributed by atoms with Crippen molar-refractivity contribution in [1.82, 2.24) is 14.8 Å². The van der Waals surface area contributed by atoms with E-state index in [2.05, 4.69) is 16.9 Å². The van der Waals surface area contributed by atoms with Crippen molar-refractivity contribution in [2.24, 2.45) is 5.92 Å². The smallest absolute Gasteiger partial charge is 0.270 e. The van der Waals surface area contributed by atoms with Crippen LogP contribution in [0.15, 0.2) is 18.3 Å². The van der Waals surface area contributed by atoms with Gasteiger partial charge in [0.15, 0.2) is 0 Å². The van der Waals surface area contributed by atoms with Crippen LogP contribution in [0.5, 0.6) is 0 Å². The average Bonchev–Trinajstić information content (AvgIpc) is 3.08. The van der Waals surface area contributed by atoms with Gasteiger partial charge in [-0.25, -0.2) is 0 Å². The van der Waals surface area contributed by atoms with Gasteiger partial charge in [0.2, 0.25) is 0 Å². The molecule has 1 amide bonds. The normalized spacial score (nSPS) is 23.3. The summed E-state index contributed by atoms with van der Waals surface area (Å²) in [7, 11) is 2.15. The second-order valence-electron chi connectivity index (χ2n) is 5.99. The van der Waals surface area contributed by atoms with Crippen LogP contribution in [0.25, 0.3) is 0 Å². The lowest BCUT2D eigenvalue weighted by atomic mass is 10.2. The van der Waals surface area contributed by atoms with Gasteiger partial charge in [-0.15, -0.1) is 0 Å². The minimum atomic E-state index is 0.0770. The number of aromatic nitrogens is 1. The summed E-state index contributed by atoms with van der Waals surface area (Å²) in [6, 6.07) is 3.68. The molecule has 1 aliphatic heterocycles. The molecule has 1 aromatic rings. The number of ether oxygens (including phenoxy) is 1. The maximum Gasteiger partial charge on any atom is 0.270 e. The van der Waals surface area contributed by atoms with E-state index in [1.807, 2.05) is 17.0 Å². The molecule has 1 saturated heterocycles. The van der Waals surface area contributed by atoms with E-state index in [1.165, 1.54) is 12.8 Å². The number of hydrogen-bond donors (Lipinski definition) is 1. The summed E-state index contributed by atoms with van der Waals surface area (Å²) in [6.45, 7) is 4.07. The fourth-order valence-electron chi connectivity index (χ4n) is 2.81. The summed E-state index contributed by atoms with van der Waals surface area (Å²) in [5.41, 5.74) is 0.664. The Morgan fingerprint density at radius 3 is 3.05 bits per heavy atom. The van der Waals surface area contributed by atoms with E-state index >= 15 is 0 Å². The molecule has 20 heavy (non-hydrogen) atoms. The predicted octanol–water partition coefficient (Wildman–Crippen LogP) is 1.20. The van der Waals surface area contributed by atoms with Crippen molar-refractivity contribution >= 4 is 5.91 Å². The van der Waals surface area contributed by atoms with Gasteiger partial charge in [-0.05, 0) is 37.9 Å². The number of H-pyrrole nitrogens is 1. The molecule has 0 aromatic carbocycles. The Labute approximate surface area is 119 Å². The molecule has 2 fully saturated rings. The number of carbonyl (C=O) groups excluding carboxylic acids is 1. The van der Waals surface area contributed by atoms with Gasteiger partial charge in [-0.1, -0.05) is 0 Å². The van der Waals surface area contributed by atoms with Gasteiger partial charge in [-0.2, -0.15) is 0 Å². The van der Waals surface area contributed by atoms with Gasteiger partial charge in [0.25, 0.3) is 5.91 Å². The number of morpholine rings is 1. The van der Waals surface area contributed by atoms with Crippen molar-refractivity contribution in [2.75, 3.05) is 39.8 Å². The van der Waals surface area contributed by atoms with Crippen molar-refractivity contribution < 1.29 is 9.53 Å². The Morgan fingerprint density at radius 1 is 1.50 bits per heavy atom. The monoisotopic (exact) mass is 277 g/mol. The Balaban J connectivity index is 1.51. The van der Waals surface area contributed by atoms with Gasteiger partial charge in [0.1, 0.15) is 5.69 Å². The highest BCUT2D eigenvalue weighted by molar-refractivity contribution is 5.92. The topological polar surface area (TPSA) is 48.6 Å². The fourth-order valence-corrected chi connectivity index (χ4v) is 2.81. The zero-order valence-electron chi connectivity index (χ0n) is 12.0. The molecule has 1 aromatic heterocycles. The first kappa shape index (κ1) is 13.6. The molecular formula is C15H23N3O2. The maximum absolute atomic E-state index is 12.3. The molecule has 0 radical (unpaired) electrons. The second-order valence-corrected chi connectivity index (χ2v) is 5.99. The molecule has 0 spiro atoms. The standard InChI is InChI=1S/C15H23N3O2/c1-17(9-12-4-5-12)10-13-11-18(7-8-20-13)15(19)14-3-2-6-16-14/h2-3,6,12-13,16H,4-5,7-11H2,1H3/t13-/m0/s1. The number of nitrogens with one attached hydrogen (secondary N) is 1. The van der Waals surface area contributed by atoms with Crippen LogP contribution >= 0.6 is 0 Å². The zero-order chi connectivity index (χ0) is 13.9. The molecule has 0 bridgehead atoms. The molecule has 2 aliphatic rings. The van der Waals surface area contributed by atoms with Crippen molar-refractivity contribution in [3.05, 3.63) is 24.0 Å². The van der Waals surface area contributed by atoms with E-state index in [0.29, 0.717) is 25.4 Å². The third-order valence-electron chi connectivity index (χ3n) is 4.04. The van der Waals surface area contributed by atoms with Crippen molar-refractivity contribution in [3.63, 3.8) is 0 Å². The van der Waals surface area contributed by atoms with Gasteiger partial charge in [-0.3, -0.25) is 4.79 Å². The van der Waals surface area contributed by atoms with Crippen LogP contribution in [0, 0.1) is 5.92 Å². The lowest BCUT2D eigenvalue weighted by Crippen LogP contribution is -2.49. The summed E-state index contributed by atoms with van der Waals surface area (Å²) >= 11 is 0. The number of carbonyl (C=O) groups is 1. The number of rotatable bonds is 5. The Hall–Kier alpha value is -1.33. The summed E-state index contributed by atoms with van der Waals surface area (Å²) < 4.78 is 5.80. The fraction of sp³-hybridized carbons (Fsp3) is 0.667. The Morgan fingerprint density at radius 2 is 2.35 bits per heavy atom. The van der Waals surface area contributed by atoms with Crippen molar-refractivity contribution in [1.29, 1.82) is 0 Å². The second kappa shape index (κ2) is 5.97. The first-order valence-electron chi connectivity index (χ1n) is 7.45. The average molecular weight is 277 g/mol. The quantitative estimate of drug-likeness (QED) is 0.880. The summed E-state index contributed by atoms with van der Waals surface area (Å²) in [4.78, 5) is 19.5. The van der Waals surface area contributed by atoms with Crippen LogP contribution < -0.4 is 0 Å². The highest BCUT2D eigenvalue weighted by Gasteiger charge is 2.28. The molecular weight excluding hydrogens is 254 g/mol. The lowest BCUT2D eigenvalue weighted by Gasteiger charge is -2.34. The minimum absolute atomic E-state index is 0.0770. The lowest BCUT2D eigenvalue weighted by molar-refractivity contribution is -0.0335. The Kier molecular flexibility index (Phi) is 4.08. The largest absolute Gasteiger partial charge is 0.373 e. The first-order valence-corrected chi connectivity index (χ1v) is 7.45. The molecule has 1 atom stereocenters. The molecule has 3 rings (SSSR count). The highest BCUT2D eigenvalue weighted by Crippen LogP contribution is 2.29. The van der Waals surface area contributed by atoms with Gasteiger partial charge >= 0.3 is 0 Å². The number of nitrogens with zero attached hydrogens (tertiary/aromatic N) is 2. The third-order valence-corrected chi connectivity index (χ3v) is 4.04. The number of likely N-dealkylation sites (N-methyl/N-ethyl adjacent to an activating group) is 1. The number of amides is 1. The molecule has 1 N–H and O–H groups in total. The third kappa shape index (κ3) is 3.41. The Bertz CT molecular complexity index is 442. The van der Waals surface area contributed by atoms with Crippen LogP contribution in [-0.2, 0) is 4.74 Å². The zero-order valence-corrected chi connectivity index (χ0v) is 12.0. The van der Waals surface area contributed by atoms with E-state index in [0.717, 1.165) is 19.0 Å². The molecule has 0 unspecified atom stereocenters. The van der Waals surface area contributed by atoms with E-state index in [9.17, 15) is 4.79 Å². The van der Waals surface area contributed by atoms with Crippen LogP contribution in [0.1, 0.15) is 23.3 Å². The molecule has 110 valence electrons. The maximum atomic E-state index is 12.3. The SMILES string of the molecule is CN(CC1CC1)C[C@H]1CN(C(=O)c2ccc[nH]2)CCO1. The van der Waals surface area contributed by atoms with E-state index < -0.39 is 0 Å². The molecule has 2 heterocycles. The minimum Gasteiger partial charge on any atom is -0.373 e. The molecule has 5 heteroatoms. The number of hydrogen-bond acceptors (Lipinski definition) is 3. The summed E-state index contributed by atoms with van der Waals surface area (Å²) in [6.07, 6.45) is 4.65. The first-order chi connectivity index (χ1) is 9.72. The molecule has 5 nitrogen and oxygen atoms in total. The molecule has 1 aliphatic carbocycles.